The molecule has 0 aromatic carbocycles. The number of carbonyl (C=O) groups excluding carboxylic acids is 1. The van der Waals surface area contributed by atoms with E-state index in [-0.39, 0.29) is 11.7 Å². The first kappa shape index (κ1) is 11.7. The zero-order valence-electron chi connectivity index (χ0n) is 9.81. The molecule has 19 heavy (non-hydrogen) atoms. The van der Waals surface area contributed by atoms with Gasteiger partial charge in [0.2, 0.25) is 0 Å². The minimum Gasteiger partial charge on any atom is -0.459 e. The second-order valence-corrected chi connectivity index (χ2v) is 4.58. The zero-order chi connectivity index (χ0) is 13.1. The van der Waals surface area contributed by atoms with Crippen LogP contribution >= 0.6 is 11.3 Å². The summed E-state index contributed by atoms with van der Waals surface area (Å²) in [6.07, 6.45) is 3.24. The lowest BCUT2D eigenvalue weighted by atomic mass is 10.4. The molecule has 0 unspecified atom stereocenters. The molecule has 1 N–H and O–H groups in total. The van der Waals surface area contributed by atoms with E-state index in [0.29, 0.717) is 12.2 Å². The smallest absolute Gasteiger partial charge is 0.287 e. The minimum absolute atomic E-state index is 0.268. The molecule has 96 valence electrons. The molecule has 6 nitrogen and oxygen atoms in total. The number of furan rings is 1. The van der Waals surface area contributed by atoms with E-state index in [1.807, 2.05) is 16.8 Å². The van der Waals surface area contributed by atoms with Crippen molar-refractivity contribution < 1.29 is 9.21 Å². The van der Waals surface area contributed by atoms with Crippen LogP contribution in [0.4, 0.5) is 0 Å². The predicted octanol–water partition coefficient (Wildman–Crippen LogP) is 1.85. The third-order valence-electron chi connectivity index (χ3n) is 2.49. The number of aromatic nitrogens is 3. The van der Waals surface area contributed by atoms with Crippen LogP contribution < -0.4 is 5.32 Å². The molecule has 0 radical (unpaired) electrons. The molecule has 0 aliphatic heterocycles. The van der Waals surface area contributed by atoms with Gasteiger partial charge in [0.15, 0.2) is 5.76 Å². The monoisotopic (exact) mass is 274 g/mol. The molecular formula is C12H10N4O2S. The molecule has 0 bridgehead atoms. The fourth-order valence-electron chi connectivity index (χ4n) is 1.56. The van der Waals surface area contributed by atoms with E-state index < -0.39 is 0 Å². The Morgan fingerprint density at radius 3 is 3.16 bits per heavy atom. The molecule has 0 atom stereocenters. The van der Waals surface area contributed by atoms with Crippen molar-refractivity contribution in [1.82, 2.24) is 20.3 Å². The third kappa shape index (κ3) is 2.55. The first-order chi connectivity index (χ1) is 9.33. The highest BCUT2D eigenvalue weighted by atomic mass is 32.1. The van der Waals surface area contributed by atoms with Gasteiger partial charge in [-0.1, -0.05) is 5.21 Å². The highest BCUT2D eigenvalue weighted by molar-refractivity contribution is 7.08. The average molecular weight is 274 g/mol. The molecule has 0 aliphatic rings. The van der Waals surface area contributed by atoms with E-state index in [1.54, 1.807) is 34.3 Å². The summed E-state index contributed by atoms with van der Waals surface area (Å²) in [4.78, 5) is 11.7. The summed E-state index contributed by atoms with van der Waals surface area (Å²) < 4.78 is 6.67. The summed E-state index contributed by atoms with van der Waals surface area (Å²) in [7, 11) is 0. The van der Waals surface area contributed by atoms with Crippen LogP contribution in [0.1, 0.15) is 16.2 Å². The van der Waals surface area contributed by atoms with Crippen LogP contribution in [0.3, 0.4) is 0 Å². The number of hydrogen-bond donors (Lipinski definition) is 1. The van der Waals surface area contributed by atoms with Crippen LogP contribution in [0, 0.1) is 0 Å². The minimum atomic E-state index is -0.268. The molecule has 3 rings (SSSR count). The summed E-state index contributed by atoms with van der Waals surface area (Å²) in [5, 5.41) is 14.6. The Hall–Kier alpha value is -2.41. The maximum Gasteiger partial charge on any atom is 0.287 e. The molecule has 0 spiro atoms. The van der Waals surface area contributed by atoms with Gasteiger partial charge in [-0.25, -0.2) is 4.68 Å². The third-order valence-corrected chi connectivity index (χ3v) is 3.16. The molecule has 0 saturated carbocycles. The Kier molecular flexibility index (Phi) is 3.11. The molecule has 3 aromatic rings. The van der Waals surface area contributed by atoms with E-state index in [0.717, 1.165) is 5.69 Å². The summed E-state index contributed by atoms with van der Waals surface area (Å²) >= 11 is 1.59. The molecular weight excluding hydrogens is 264 g/mol. The number of thiophene rings is 1. The van der Waals surface area contributed by atoms with Gasteiger partial charge in [0.1, 0.15) is 5.69 Å². The van der Waals surface area contributed by atoms with Gasteiger partial charge in [-0.05, 0) is 23.6 Å². The first-order valence-corrected chi connectivity index (χ1v) is 6.53. The molecule has 3 aromatic heterocycles. The van der Waals surface area contributed by atoms with E-state index in [1.165, 1.54) is 6.26 Å². The number of nitrogens with one attached hydrogen (secondary N) is 1. The van der Waals surface area contributed by atoms with Gasteiger partial charge in [-0.2, -0.15) is 11.3 Å². The summed E-state index contributed by atoms with van der Waals surface area (Å²) in [6, 6.07) is 5.23. The number of nitrogens with zero attached hydrogens (tertiary/aromatic N) is 3. The van der Waals surface area contributed by atoms with Gasteiger partial charge >= 0.3 is 0 Å². The van der Waals surface area contributed by atoms with Crippen molar-refractivity contribution >= 4 is 17.2 Å². The standard InChI is InChI=1S/C12H10N4O2S/c17-12(11-2-1-4-18-11)13-6-9-7-16(15-14-9)10-3-5-19-8-10/h1-5,7-8H,6H2,(H,13,17). The van der Waals surface area contributed by atoms with Crippen LogP contribution in [0.25, 0.3) is 5.69 Å². The molecule has 0 aliphatic carbocycles. The molecule has 3 heterocycles. The maximum atomic E-state index is 11.7. The van der Waals surface area contributed by atoms with Gasteiger partial charge in [0.05, 0.1) is 24.7 Å². The van der Waals surface area contributed by atoms with Gasteiger partial charge in [0, 0.05) is 5.38 Å². The Balaban J connectivity index is 1.63. The number of rotatable bonds is 4. The van der Waals surface area contributed by atoms with Crippen LogP contribution in [0.5, 0.6) is 0 Å². The molecule has 0 saturated heterocycles. The average Bonchev–Trinajstić information content (AvgIpc) is 3.14. The summed E-state index contributed by atoms with van der Waals surface area (Å²) in [5.74, 6) is 0.0142. The number of hydrogen-bond acceptors (Lipinski definition) is 5. The van der Waals surface area contributed by atoms with Crippen molar-refractivity contribution in [3.63, 3.8) is 0 Å². The van der Waals surface area contributed by atoms with Crippen LogP contribution in [0.15, 0.2) is 45.8 Å². The highest BCUT2D eigenvalue weighted by Gasteiger charge is 2.09. The van der Waals surface area contributed by atoms with Crippen molar-refractivity contribution in [3.05, 3.63) is 52.9 Å². The SMILES string of the molecule is O=C(NCc1cn(-c2ccsc2)nn1)c1ccco1. The predicted molar refractivity (Wildman–Crippen MR) is 69.1 cm³/mol. The summed E-state index contributed by atoms with van der Waals surface area (Å²) in [5.41, 5.74) is 1.65. The van der Waals surface area contributed by atoms with Gasteiger partial charge in [0.25, 0.3) is 5.91 Å². The van der Waals surface area contributed by atoms with Crippen LogP contribution in [-0.4, -0.2) is 20.9 Å². The largest absolute Gasteiger partial charge is 0.459 e. The van der Waals surface area contributed by atoms with E-state index in [4.69, 9.17) is 4.42 Å². The summed E-state index contributed by atoms with van der Waals surface area (Å²) in [6.45, 7) is 0.309. The maximum absolute atomic E-state index is 11.7. The van der Waals surface area contributed by atoms with E-state index in [9.17, 15) is 4.79 Å². The number of carbonyl (C=O) groups is 1. The van der Waals surface area contributed by atoms with Gasteiger partial charge in [-0.15, -0.1) is 5.10 Å². The Morgan fingerprint density at radius 2 is 2.42 bits per heavy atom. The van der Waals surface area contributed by atoms with Crippen LogP contribution in [0.2, 0.25) is 0 Å². The molecule has 0 fully saturated rings. The van der Waals surface area contributed by atoms with E-state index >= 15 is 0 Å². The first-order valence-electron chi connectivity index (χ1n) is 5.58. The van der Waals surface area contributed by atoms with Crippen molar-refractivity contribution in [2.45, 2.75) is 6.54 Å². The van der Waals surface area contributed by atoms with Crippen LogP contribution in [-0.2, 0) is 6.54 Å². The Morgan fingerprint density at radius 1 is 1.47 bits per heavy atom. The lowest BCUT2D eigenvalue weighted by Crippen LogP contribution is -2.22. The Bertz CT molecular complexity index is 658. The lowest BCUT2D eigenvalue weighted by molar-refractivity contribution is 0.0922. The van der Waals surface area contributed by atoms with Crippen molar-refractivity contribution in [3.8, 4) is 5.69 Å². The number of amides is 1. The van der Waals surface area contributed by atoms with Gasteiger partial charge in [-0.3, -0.25) is 4.79 Å². The zero-order valence-corrected chi connectivity index (χ0v) is 10.6. The van der Waals surface area contributed by atoms with E-state index in [2.05, 4.69) is 15.6 Å². The second kappa shape index (κ2) is 5.07. The lowest BCUT2D eigenvalue weighted by Gasteiger charge is -1.98. The normalized spacial score (nSPS) is 10.5. The van der Waals surface area contributed by atoms with Gasteiger partial charge < -0.3 is 9.73 Å². The fraction of sp³-hybridized carbons (Fsp3) is 0.0833. The quantitative estimate of drug-likeness (QED) is 0.788. The molecule has 7 heteroatoms. The highest BCUT2D eigenvalue weighted by Crippen LogP contribution is 2.10. The van der Waals surface area contributed by atoms with Crippen molar-refractivity contribution in [2.75, 3.05) is 0 Å². The molecule has 1 amide bonds. The topological polar surface area (TPSA) is 73.0 Å². The Labute approximate surface area is 112 Å². The van der Waals surface area contributed by atoms with Crippen molar-refractivity contribution in [1.29, 1.82) is 0 Å². The van der Waals surface area contributed by atoms with Crippen molar-refractivity contribution in [2.24, 2.45) is 0 Å². The fourth-order valence-corrected chi connectivity index (χ4v) is 2.18. The second-order valence-electron chi connectivity index (χ2n) is 3.80.